The lowest BCUT2D eigenvalue weighted by Crippen LogP contribution is -2.42. The Hall–Kier alpha value is -2.76. The number of likely N-dealkylation sites (tertiary alicyclic amines) is 1. The van der Waals surface area contributed by atoms with Crippen molar-refractivity contribution in [2.45, 2.75) is 44.4 Å². The Labute approximate surface area is 165 Å². The Morgan fingerprint density at radius 1 is 1.04 bits per heavy atom. The molecular weight excluding hydrogens is 352 g/mol. The molecule has 2 aromatic rings. The Kier molecular flexibility index (Phi) is 5.37. The number of nitrogens with two attached hydrogens (primary N) is 1. The molecule has 6 heteroatoms. The molecule has 28 heavy (non-hydrogen) atoms. The number of carbonyl (C=O) groups excluding carboxylic acids is 2. The van der Waals surface area contributed by atoms with E-state index in [4.69, 9.17) is 5.73 Å². The Morgan fingerprint density at radius 3 is 2.61 bits per heavy atom. The molecule has 1 aliphatic carbocycles. The zero-order valence-electron chi connectivity index (χ0n) is 16.0. The first-order valence-electron chi connectivity index (χ1n) is 10.1. The molecule has 1 saturated heterocycles. The van der Waals surface area contributed by atoms with E-state index in [0.29, 0.717) is 18.0 Å². The largest absolute Gasteiger partial charge is 0.366 e. The van der Waals surface area contributed by atoms with Crippen molar-refractivity contribution in [3.63, 3.8) is 0 Å². The van der Waals surface area contributed by atoms with E-state index in [0.717, 1.165) is 62.0 Å². The topological polar surface area (TPSA) is 89.2 Å². The number of piperidine rings is 1. The molecule has 0 radical (unpaired) electrons. The minimum atomic E-state index is -0.460. The molecule has 2 fully saturated rings. The van der Waals surface area contributed by atoms with Crippen LogP contribution >= 0.6 is 0 Å². The summed E-state index contributed by atoms with van der Waals surface area (Å²) in [5.74, 6) is 0.203. The average Bonchev–Trinajstić information content (AvgIpc) is 3.28. The van der Waals surface area contributed by atoms with Gasteiger partial charge in [0.1, 0.15) is 0 Å². The van der Waals surface area contributed by atoms with E-state index in [1.54, 1.807) is 24.5 Å². The summed E-state index contributed by atoms with van der Waals surface area (Å²) in [6.45, 7) is 1.52. The molecule has 146 valence electrons. The van der Waals surface area contributed by atoms with Gasteiger partial charge in [-0.15, -0.1) is 0 Å². The molecule has 1 saturated carbocycles. The highest BCUT2D eigenvalue weighted by Crippen LogP contribution is 2.34. The normalized spacial score (nSPS) is 20.3. The molecule has 6 nitrogen and oxygen atoms in total. The first-order chi connectivity index (χ1) is 13.6. The average molecular weight is 378 g/mol. The maximum atomic E-state index is 12.9. The number of rotatable bonds is 4. The van der Waals surface area contributed by atoms with Gasteiger partial charge < -0.3 is 10.6 Å². The highest BCUT2D eigenvalue weighted by molar-refractivity contribution is 5.94. The first-order valence-corrected chi connectivity index (χ1v) is 10.1. The molecule has 2 heterocycles. The zero-order chi connectivity index (χ0) is 19.5. The summed E-state index contributed by atoms with van der Waals surface area (Å²) < 4.78 is 0. The van der Waals surface area contributed by atoms with Gasteiger partial charge in [-0.1, -0.05) is 25.0 Å². The predicted molar refractivity (Wildman–Crippen MR) is 106 cm³/mol. The fourth-order valence-corrected chi connectivity index (χ4v) is 4.52. The molecule has 2 amide bonds. The van der Waals surface area contributed by atoms with E-state index in [1.165, 1.54) is 0 Å². The molecule has 0 spiro atoms. The van der Waals surface area contributed by atoms with Crippen LogP contribution in [0.1, 0.15) is 60.5 Å². The van der Waals surface area contributed by atoms with Gasteiger partial charge in [-0.2, -0.15) is 0 Å². The van der Waals surface area contributed by atoms with Crippen LogP contribution in [0.2, 0.25) is 0 Å². The van der Waals surface area contributed by atoms with Crippen molar-refractivity contribution in [1.29, 1.82) is 0 Å². The van der Waals surface area contributed by atoms with Crippen LogP contribution in [0.5, 0.6) is 0 Å². The fraction of sp³-hybridized carbons (Fsp3) is 0.455. The number of primary amides is 1. The monoisotopic (exact) mass is 378 g/mol. The lowest BCUT2D eigenvalue weighted by Gasteiger charge is -2.34. The third-order valence-electron chi connectivity index (χ3n) is 5.97. The van der Waals surface area contributed by atoms with Gasteiger partial charge in [0.2, 0.25) is 11.8 Å². The maximum absolute atomic E-state index is 12.9. The van der Waals surface area contributed by atoms with E-state index < -0.39 is 5.91 Å². The molecule has 1 aromatic carbocycles. The van der Waals surface area contributed by atoms with Crippen LogP contribution in [0.25, 0.3) is 11.3 Å². The minimum Gasteiger partial charge on any atom is -0.366 e. The van der Waals surface area contributed by atoms with Gasteiger partial charge in [0.15, 0.2) is 0 Å². The number of nitrogens with zero attached hydrogens (tertiary/aromatic N) is 3. The minimum absolute atomic E-state index is 0.153. The van der Waals surface area contributed by atoms with Crippen LogP contribution in [-0.2, 0) is 4.79 Å². The molecule has 2 N–H and O–H groups in total. The lowest BCUT2D eigenvalue weighted by molar-refractivity contribution is -0.136. The Balaban J connectivity index is 1.60. The van der Waals surface area contributed by atoms with E-state index >= 15 is 0 Å². The molecule has 0 bridgehead atoms. The highest BCUT2D eigenvalue weighted by atomic mass is 16.2. The van der Waals surface area contributed by atoms with Gasteiger partial charge in [-0.05, 0) is 37.8 Å². The van der Waals surface area contributed by atoms with Crippen molar-refractivity contribution in [3.05, 3.63) is 47.9 Å². The molecule has 1 unspecified atom stereocenters. The summed E-state index contributed by atoms with van der Waals surface area (Å²) in [6.07, 6.45) is 9.70. The van der Waals surface area contributed by atoms with Crippen molar-refractivity contribution in [3.8, 4) is 11.3 Å². The zero-order valence-corrected chi connectivity index (χ0v) is 16.0. The van der Waals surface area contributed by atoms with E-state index in [1.807, 2.05) is 17.0 Å². The van der Waals surface area contributed by atoms with Crippen LogP contribution < -0.4 is 5.73 Å². The summed E-state index contributed by atoms with van der Waals surface area (Å²) in [6, 6.07) is 7.19. The number of hydrogen-bond acceptors (Lipinski definition) is 4. The molecular formula is C22H26N4O2. The van der Waals surface area contributed by atoms with Crippen molar-refractivity contribution in [2.24, 2.45) is 11.7 Å². The van der Waals surface area contributed by atoms with Crippen molar-refractivity contribution >= 4 is 11.8 Å². The van der Waals surface area contributed by atoms with Crippen LogP contribution in [0, 0.1) is 5.92 Å². The fourth-order valence-electron chi connectivity index (χ4n) is 4.52. The molecule has 1 atom stereocenters. The predicted octanol–water partition coefficient (Wildman–Crippen LogP) is 3.14. The number of hydrogen-bond donors (Lipinski definition) is 1. The Morgan fingerprint density at radius 2 is 1.82 bits per heavy atom. The van der Waals surface area contributed by atoms with Crippen LogP contribution in [0.15, 0.2) is 36.7 Å². The van der Waals surface area contributed by atoms with Gasteiger partial charge in [0.25, 0.3) is 0 Å². The smallest absolute Gasteiger partial charge is 0.248 e. The van der Waals surface area contributed by atoms with Crippen molar-refractivity contribution in [2.75, 3.05) is 13.1 Å². The van der Waals surface area contributed by atoms with Crippen LogP contribution in [-0.4, -0.2) is 39.8 Å². The SMILES string of the molecule is NC(=O)c1cccc(-c2nccnc2C2CCCN(C(=O)C3CCCC3)C2)c1. The van der Waals surface area contributed by atoms with E-state index in [2.05, 4.69) is 9.97 Å². The van der Waals surface area contributed by atoms with Gasteiger partial charge in [-0.25, -0.2) is 0 Å². The molecule has 1 aliphatic heterocycles. The van der Waals surface area contributed by atoms with E-state index in [-0.39, 0.29) is 11.8 Å². The number of amides is 2. The summed E-state index contributed by atoms with van der Waals surface area (Å²) in [4.78, 5) is 35.7. The van der Waals surface area contributed by atoms with Crippen molar-refractivity contribution in [1.82, 2.24) is 14.9 Å². The third kappa shape index (κ3) is 3.77. The van der Waals surface area contributed by atoms with Crippen LogP contribution in [0.3, 0.4) is 0 Å². The summed E-state index contributed by atoms with van der Waals surface area (Å²) in [5.41, 5.74) is 8.39. The summed E-state index contributed by atoms with van der Waals surface area (Å²) in [7, 11) is 0. The maximum Gasteiger partial charge on any atom is 0.248 e. The summed E-state index contributed by atoms with van der Waals surface area (Å²) in [5, 5.41) is 0. The summed E-state index contributed by atoms with van der Waals surface area (Å²) >= 11 is 0. The second-order valence-electron chi connectivity index (χ2n) is 7.84. The standard InChI is InChI=1S/C22H26N4O2/c23-21(27)17-8-3-7-16(13-17)19-20(25-11-10-24-19)18-9-4-12-26(14-18)22(28)15-5-1-2-6-15/h3,7-8,10-11,13,15,18H,1-2,4-6,9,12,14H2,(H2,23,27). The molecule has 4 rings (SSSR count). The van der Waals surface area contributed by atoms with Gasteiger partial charge in [0, 0.05) is 48.4 Å². The molecule has 1 aromatic heterocycles. The number of carbonyl (C=O) groups is 2. The van der Waals surface area contributed by atoms with E-state index in [9.17, 15) is 9.59 Å². The quantitative estimate of drug-likeness (QED) is 0.885. The van der Waals surface area contributed by atoms with Gasteiger partial charge in [-0.3, -0.25) is 19.6 Å². The van der Waals surface area contributed by atoms with Crippen LogP contribution in [0.4, 0.5) is 0 Å². The number of benzene rings is 1. The third-order valence-corrected chi connectivity index (χ3v) is 5.97. The number of aromatic nitrogens is 2. The first kappa shape index (κ1) is 18.6. The second kappa shape index (κ2) is 8.09. The van der Waals surface area contributed by atoms with Gasteiger partial charge in [0.05, 0.1) is 11.4 Å². The second-order valence-corrected chi connectivity index (χ2v) is 7.84. The van der Waals surface area contributed by atoms with Gasteiger partial charge >= 0.3 is 0 Å². The van der Waals surface area contributed by atoms with Crippen molar-refractivity contribution < 1.29 is 9.59 Å². The Bertz CT molecular complexity index is 876. The lowest BCUT2D eigenvalue weighted by atomic mass is 9.90. The highest BCUT2D eigenvalue weighted by Gasteiger charge is 2.32. The molecule has 2 aliphatic rings.